The highest BCUT2D eigenvalue weighted by Gasteiger charge is 2.20. The number of alkyl carbamates (subject to hydrolysis) is 1. The lowest BCUT2D eigenvalue weighted by Crippen LogP contribution is -2.41. The van der Waals surface area contributed by atoms with Crippen molar-refractivity contribution in [3.63, 3.8) is 0 Å². The molecular formula is C8H14NO4. The molecule has 0 rings (SSSR count). The van der Waals surface area contributed by atoms with Crippen LogP contribution in [-0.2, 0) is 14.6 Å². The molecule has 0 aromatic rings. The second-order valence-electron chi connectivity index (χ2n) is 3.69. The zero-order valence-corrected chi connectivity index (χ0v) is 8.21. The first-order valence-electron chi connectivity index (χ1n) is 3.93. The van der Waals surface area contributed by atoms with E-state index in [0.29, 0.717) is 0 Å². The highest BCUT2D eigenvalue weighted by atomic mass is 16.6. The van der Waals surface area contributed by atoms with E-state index in [2.05, 4.69) is 5.32 Å². The molecule has 1 N–H and O–H groups in total. The highest BCUT2D eigenvalue weighted by molar-refractivity contribution is 5.79. The Morgan fingerprint density at radius 2 is 1.77 bits per heavy atom. The van der Waals surface area contributed by atoms with Gasteiger partial charge in [-0.15, -0.1) is 0 Å². The number of ether oxygens (including phenoxy) is 1. The lowest BCUT2D eigenvalue weighted by Gasteiger charge is -2.20. The normalized spacial score (nSPS) is 13.2. The fourth-order valence-electron chi connectivity index (χ4n) is 0.543. The Morgan fingerprint density at radius 1 is 1.31 bits per heavy atom. The lowest BCUT2D eigenvalue weighted by atomic mass is 10.2. The summed E-state index contributed by atoms with van der Waals surface area (Å²) in [6.07, 6.45) is -0.760. The molecule has 0 spiro atoms. The number of rotatable bonds is 2. The van der Waals surface area contributed by atoms with Crippen molar-refractivity contribution in [1.82, 2.24) is 5.32 Å². The number of hydrogen-bond acceptors (Lipinski definition) is 3. The van der Waals surface area contributed by atoms with E-state index in [1.165, 1.54) is 6.92 Å². The zero-order valence-electron chi connectivity index (χ0n) is 8.21. The zero-order chi connectivity index (χ0) is 10.6. The van der Waals surface area contributed by atoms with Gasteiger partial charge in [-0.1, -0.05) is 0 Å². The van der Waals surface area contributed by atoms with Crippen LogP contribution < -0.4 is 5.32 Å². The maximum absolute atomic E-state index is 10.9. The van der Waals surface area contributed by atoms with E-state index in [9.17, 15) is 14.7 Å². The fraction of sp³-hybridized carbons (Fsp3) is 0.750. The quantitative estimate of drug-likeness (QED) is 0.698. The molecule has 0 aliphatic heterocycles. The first-order valence-corrected chi connectivity index (χ1v) is 3.93. The smallest absolute Gasteiger partial charge is 0.408 e. The summed E-state index contributed by atoms with van der Waals surface area (Å²) in [5.74, 6) is -1.34. The van der Waals surface area contributed by atoms with Crippen molar-refractivity contribution in [1.29, 1.82) is 0 Å². The van der Waals surface area contributed by atoms with Gasteiger partial charge in [-0.05, 0) is 27.7 Å². The molecule has 0 saturated carbocycles. The van der Waals surface area contributed by atoms with Crippen molar-refractivity contribution >= 4 is 12.1 Å². The second-order valence-corrected chi connectivity index (χ2v) is 3.69. The largest absolute Gasteiger partial charge is 0.444 e. The molecule has 0 aliphatic carbocycles. The number of nitrogens with one attached hydrogen (secondary N) is 1. The Morgan fingerprint density at radius 3 is 2.08 bits per heavy atom. The summed E-state index contributed by atoms with van der Waals surface area (Å²) in [6, 6.07) is -1.05. The molecule has 0 heterocycles. The van der Waals surface area contributed by atoms with E-state index in [1.807, 2.05) is 0 Å². The molecular weight excluding hydrogens is 174 g/mol. The van der Waals surface area contributed by atoms with Crippen molar-refractivity contribution in [2.45, 2.75) is 39.3 Å². The van der Waals surface area contributed by atoms with E-state index >= 15 is 0 Å². The minimum atomic E-state index is -1.34. The number of carbonyl (C=O) groups is 2. The van der Waals surface area contributed by atoms with Gasteiger partial charge < -0.3 is 10.1 Å². The van der Waals surface area contributed by atoms with Gasteiger partial charge in [0, 0.05) is 0 Å². The molecule has 0 bridgehead atoms. The summed E-state index contributed by atoms with van der Waals surface area (Å²) in [5.41, 5.74) is -0.629. The van der Waals surface area contributed by atoms with Gasteiger partial charge in [-0.3, -0.25) is 0 Å². The summed E-state index contributed by atoms with van der Waals surface area (Å²) in [7, 11) is 0. The van der Waals surface area contributed by atoms with Crippen LogP contribution >= 0.6 is 0 Å². The van der Waals surface area contributed by atoms with E-state index in [-0.39, 0.29) is 0 Å². The van der Waals surface area contributed by atoms with E-state index in [0.717, 1.165) is 0 Å². The van der Waals surface area contributed by atoms with Crippen molar-refractivity contribution < 1.29 is 19.4 Å². The molecule has 5 nitrogen and oxygen atoms in total. The first kappa shape index (κ1) is 11.7. The molecule has 5 heteroatoms. The maximum atomic E-state index is 10.9. The maximum Gasteiger partial charge on any atom is 0.408 e. The summed E-state index contributed by atoms with van der Waals surface area (Å²) in [6.45, 7) is 6.38. The average Bonchev–Trinajstić information content (AvgIpc) is 1.81. The summed E-state index contributed by atoms with van der Waals surface area (Å²) in [5, 5.41) is 12.3. The minimum Gasteiger partial charge on any atom is -0.444 e. The van der Waals surface area contributed by atoms with Crippen LogP contribution in [0.4, 0.5) is 4.79 Å². The van der Waals surface area contributed by atoms with Crippen LogP contribution in [0.3, 0.4) is 0 Å². The van der Waals surface area contributed by atoms with Crippen molar-refractivity contribution in [3.8, 4) is 0 Å². The molecule has 1 radical (unpaired) electrons. The SMILES string of the molecule is CC(NC(=O)OC(C)(C)C)C([O])=O. The van der Waals surface area contributed by atoms with E-state index < -0.39 is 23.7 Å². The molecule has 1 atom stereocenters. The third-order valence-corrected chi connectivity index (χ3v) is 1.09. The van der Waals surface area contributed by atoms with Crippen LogP contribution in [0.25, 0.3) is 0 Å². The van der Waals surface area contributed by atoms with Gasteiger partial charge >= 0.3 is 12.1 Å². The Hall–Kier alpha value is -1.26. The molecule has 1 amide bonds. The van der Waals surface area contributed by atoms with Crippen molar-refractivity contribution in [2.24, 2.45) is 0 Å². The van der Waals surface area contributed by atoms with Crippen LogP contribution in [0.5, 0.6) is 0 Å². The van der Waals surface area contributed by atoms with E-state index in [1.54, 1.807) is 20.8 Å². The highest BCUT2D eigenvalue weighted by Crippen LogP contribution is 2.06. The molecule has 75 valence electrons. The molecule has 0 saturated heterocycles. The molecule has 0 aromatic heterocycles. The average molecular weight is 188 g/mol. The van der Waals surface area contributed by atoms with E-state index in [4.69, 9.17) is 4.74 Å². The number of carbonyl (C=O) groups excluding carboxylic acids is 2. The second kappa shape index (κ2) is 4.11. The van der Waals surface area contributed by atoms with Gasteiger partial charge in [0.15, 0.2) is 0 Å². The van der Waals surface area contributed by atoms with Gasteiger partial charge in [0.05, 0.1) is 0 Å². The Balaban J connectivity index is 3.96. The van der Waals surface area contributed by atoms with Crippen molar-refractivity contribution in [3.05, 3.63) is 0 Å². The standard InChI is InChI=1S/C8H14NO4/c1-5(6(10)11)9-7(12)13-8(2,3)4/h5H,1-4H3,(H,9,12). The molecule has 13 heavy (non-hydrogen) atoms. The van der Waals surface area contributed by atoms with Gasteiger partial charge in [0.25, 0.3) is 0 Å². The lowest BCUT2D eigenvalue weighted by molar-refractivity contribution is -0.145. The van der Waals surface area contributed by atoms with Crippen LogP contribution in [0.1, 0.15) is 27.7 Å². The van der Waals surface area contributed by atoms with Gasteiger partial charge in [-0.2, -0.15) is 0 Å². The number of hydrogen-bond donors (Lipinski definition) is 1. The summed E-state index contributed by atoms with van der Waals surface area (Å²) < 4.78 is 4.82. The van der Waals surface area contributed by atoms with Gasteiger partial charge in [-0.25, -0.2) is 14.7 Å². The van der Waals surface area contributed by atoms with Crippen LogP contribution in [0.15, 0.2) is 0 Å². The Labute approximate surface area is 77.1 Å². The predicted molar refractivity (Wildman–Crippen MR) is 44.5 cm³/mol. The summed E-state index contributed by atoms with van der Waals surface area (Å²) in [4.78, 5) is 21.2. The van der Waals surface area contributed by atoms with Crippen LogP contribution in [-0.4, -0.2) is 23.7 Å². The summed E-state index contributed by atoms with van der Waals surface area (Å²) >= 11 is 0. The van der Waals surface area contributed by atoms with Crippen LogP contribution in [0.2, 0.25) is 0 Å². The van der Waals surface area contributed by atoms with Crippen molar-refractivity contribution in [2.75, 3.05) is 0 Å². The molecule has 0 fully saturated rings. The third kappa shape index (κ3) is 5.95. The number of amides is 1. The first-order chi connectivity index (χ1) is 5.72. The predicted octanol–water partition coefficient (Wildman–Crippen LogP) is 0.857. The molecule has 0 aromatic carbocycles. The van der Waals surface area contributed by atoms with Gasteiger partial charge in [0.2, 0.25) is 0 Å². The monoisotopic (exact) mass is 188 g/mol. The fourth-order valence-corrected chi connectivity index (χ4v) is 0.543. The Bertz CT molecular complexity index is 207. The van der Waals surface area contributed by atoms with Gasteiger partial charge in [0.1, 0.15) is 11.6 Å². The minimum absolute atomic E-state index is 0.629. The molecule has 1 unspecified atom stereocenters. The topological polar surface area (TPSA) is 75.3 Å². The molecule has 0 aliphatic rings. The van der Waals surface area contributed by atoms with Crippen LogP contribution in [0, 0.1) is 0 Å². The Kier molecular flexibility index (Phi) is 3.71. The third-order valence-electron chi connectivity index (χ3n) is 1.09.